The summed E-state index contributed by atoms with van der Waals surface area (Å²) in [6.45, 7) is 0. The molecule has 23 heavy (non-hydrogen) atoms. The van der Waals surface area contributed by atoms with E-state index in [0.29, 0.717) is 34.9 Å². The maximum absolute atomic E-state index is 12.4. The second-order valence-electron chi connectivity index (χ2n) is 5.44. The third-order valence-electron chi connectivity index (χ3n) is 3.94. The topological polar surface area (TPSA) is 109 Å². The Bertz CT molecular complexity index is 743. The lowest BCUT2D eigenvalue weighted by atomic mass is 9.76. The first kappa shape index (κ1) is 15.6. The Labute approximate surface area is 137 Å². The van der Waals surface area contributed by atoms with Gasteiger partial charge in [0.15, 0.2) is 5.78 Å². The van der Waals surface area contributed by atoms with Crippen molar-refractivity contribution in [1.82, 2.24) is 0 Å². The molecule has 0 saturated carbocycles. The van der Waals surface area contributed by atoms with E-state index in [2.05, 4.69) is 11.1 Å². The van der Waals surface area contributed by atoms with Gasteiger partial charge in [-0.15, -0.1) is 0 Å². The summed E-state index contributed by atoms with van der Waals surface area (Å²) in [6, 6.07) is 5.72. The largest absolute Gasteiger partial charge is 0.469 e. The summed E-state index contributed by atoms with van der Waals surface area (Å²) in [6.07, 6.45) is 3.43. The second-order valence-corrected chi connectivity index (χ2v) is 6.44. The summed E-state index contributed by atoms with van der Waals surface area (Å²) >= 11 is 1.16. The predicted molar refractivity (Wildman–Crippen MR) is 85.5 cm³/mol. The number of hydrogen-bond donors (Lipinski definition) is 1. The zero-order valence-corrected chi connectivity index (χ0v) is 13.1. The van der Waals surface area contributed by atoms with E-state index in [1.807, 2.05) is 0 Å². The molecule has 2 heterocycles. The van der Waals surface area contributed by atoms with E-state index in [-0.39, 0.29) is 11.5 Å². The van der Waals surface area contributed by atoms with Gasteiger partial charge < -0.3 is 10.2 Å². The van der Waals surface area contributed by atoms with Gasteiger partial charge in [0.2, 0.25) is 5.91 Å². The highest BCUT2D eigenvalue weighted by atomic mass is 32.2. The SMILES string of the molecule is N#CC1C(SCC(N)=O)=NC2=C(C(=O)CCC2)[C@@H]1c1ccco1. The number of furan rings is 1. The Kier molecular flexibility index (Phi) is 4.35. The quantitative estimate of drug-likeness (QED) is 0.913. The van der Waals surface area contributed by atoms with Crippen molar-refractivity contribution in [1.29, 1.82) is 5.26 Å². The van der Waals surface area contributed by atoms with Gasteiger partial charge >= 0.3 is 0 Å². The van der Waals surface area contributed by atoms with Gasteiger partial charge in [0.1, 0.15) is 11.7 Å². The van der Waals surface area contributed by atoms with Crippen LogP contribution in [0.1, 0.15) is 30.9 Å². The molecule has 2 atom stereocenters. The minimum atomic E-state index is -0.647. The van der Waals surface area contributed by atoms with Crippen LogP contribution in [-0.4, -0.2) is 22.5 Å². The first-order valence-electron chi connectivity index (χ1n) is 7.30. The molecule has 0 aromatic carbocycles. The van der Waals surface area contributed by atoms with Gasteiger partial charge in [-0.3, -0.25) is 9.59 Å². The number of carbonyl (C=O) groups excluding carboxylic acids is 2. The van der Waals surface area contributed by atoms with Gasteiger partial charge in [0.25, 0.3) is 0 Å². The summed E-state index contributed by atoms with van der Waals surface area (Å²) in [5.41, 5.74) is 6.49. The van der Waals surface area contributed by atoms with Gasteiger partial charge in [-0.05, 0) is 25.0 Å². The average Bonchev–Trinajstić information content (AvgIpc) is 3.05. The number of nitrogens with two attached hydrogens (primary N) is 1. The lowest BCUT2D eigenvalue weighted by Crippen LogP contribution is -2.31. The molecule has 0 bridgehead atoms. The molecule has 1 aromatic heterocycles. The van der Waals surface area contributed by atoms with Crippen LogP contribution in [0.2, 0.25) is 0 Å². The predicted octanol–water partition coefficient (Wildman–Crippen LogP) is 2.14. The molecule has 1 aliphatic heterocycles. The fourth-order valence-corrected chi connectivity index (χ4v) is 3.83. The van der Waals surface area contributed by atoms with Crippen molar-refractivity contribution in [2.45, 2.75) is 25.2 Å². The normalized spacial score (nSPS) is 24.0. The van der Waals surface area contributed by atoms with E-state index in [0.717, 1.165) is 18.2 Å². The molecular weight excluding hydrogens is 314 g/mol. The highest BCUT2D eigenvalue weighted by molar-refractivity contribution is 8.14. The zero-order chi connectivity index (χ0) is 16.4. The lowest BCUT2D eigenvalue weighted by molar-refractivity contribution is -0.117. The Morgan fingerprint density at radius 3 is 3.00 bits per heavy atom. The smallest absolute Gasteiger partial charge is 0.227 e. The summed E-state index contributed by atoms with van der Waals surface area (Å²) < 4.78 is 5.48. The molecule has 0 radical (unpaired) electrons. The molecule has 1 amide bonds. The van der Waals surface area contributed by atoms with Gasteiger partial charge in [0, 0.05) is 17.7 Å². The molecule has 3 rings (SSSR count). The van der Waals surface area contributed by atoms with E-state index in [4.69, 9.17) is 10.2 Å². The Morgan fingerprint density at radius 2 is 2.35 bits per heavy atom. The summed E-state index contributed by atoms with van der Waals surface area (Å²) in [7, 11) is 0. The molecule has 7 heteroatoms. The summed E-state index contributed by atoms with van der Waals surface area (Å²) in [5, 5.41) is 10.2. The van der Waals surface area contributed by atoms with Crippen molar-refractivity contribution in [3.05, 3.63) is 35.4 Å². The van der Waals surface area contributed by atoms with Crippen LogP contribution >= 0.6 is 11.8 Å². The average molecular weight is 329 g/mol. The number of hydrogen-bond acceptors (Lipinski definition) is 6. The van der Waals surface area contributed by atoms with Crippen LogP contribution in [0.25, 0.3) is 0 Å². The number of rotatable bonds is 3. The third kappa shape index (κ3) is 2.94. The van der Waals surface area contributed by atoms with Crippen LogP contribution in [0.4, 0.5) is 0 Å². The monoisotopic (exact) mass is 329 g/mol. The first-order valence-corrected chi connectivity index (χ1v) is 8.29. The number of nitrogens with zero attached hydrogens (tertiary/aromatic N) is 2. The van der Waals surface area contributed by atoms with Crippen LogP contribution in [0.5, 0.6) is 0 Å². The number of aliphatic imine (C=N–C) groups is 1. The Hall–Kier alpha value is -2.33. The maximum atomic E-state index is 12.4. The Morgan fingerprint density at radius 1 is 1.52 bits per heavy atom. The summed E-state index contributed by atoms with van der Waals surface area (Å²) in [4.78, 5) is 28.0. The minimum Gasteiger partial charge on any atom is -0.469 e. The Balaban J connectivity index is 2.07. The third-order valence-corrected chi connectivity index (χ3v) is 5.01. The molecule has 118 valence electrons. The van der Waals surface area contributed by atoms with Crippen molar-refractivity contribution in [3.8, 4) is 6.07 Å². The van der Waals surface area contributed by atoms with E-state index in [9.17, 15) is 14.9 Å². The second kappa shape index (κ2) is 6.42. The fourth-order valence-electron chi connectivity index (χ4n) is 3.00. The number of amides is 1. The molecule has 6 nitrogen and oxygen atoms in total. The van der Waals surface area contributed by atoms with Gasteiger partial charge in [-0.2, -0.15) is 5.26 Å². The molecule has 2 N–H and O–H groups in total. The van der Waals surface area contributed by atoms with Crippen LogP contribution in [-0.2, 0) is 9.59 Å². The highest BCUT2D eigenvalue weighted by Crippen LogP contribution is 2.44. The summed E-state index contributed by atoms with van der Waals surface area (Å²) in [5.74, 6) is -0.930. The number of carbonyl (C=O) groups is 2. The minimum absolute atomic E-state index is 0.0237. The number of nitriles is 1. The van der Waals surface area contributed by atoms with Crippen molar-refractivity contribution < 1.29 is 14.0 Å². The molecule has 0 fully saturated rings. The van der Waals surface area contributed by atoms with Crippen molar-refractivity contribution in [2.75, 3.05) is 5.75 Å². The number of ketones is 1. The van der Waals surface area contributed by atoms with Crippen LogP contribution < -0.4 is 5.73 Å². The van der Waals surface area contributed by atoms with Crippen LogP contribution in [0.3, 0.4) is 0 Å². The van der Waals surface area contributed by atoms with Gasteiger partial charge in [-0.1, -0.05) is 11.8 Å². The molecule has 1 unspecified atom stereocenters. The van der Waals surface area contributed by atoms with E-state index >= 15 is 0 Å². The van der Waals surface area contributed by atoms with E-state index < -0.39 is 17.7 Å². The number of thioether (sulfide) groups is 1. The van der Waals surface area contributed by atoms with E-state index in [1.165, 1.54) is 6.26 Å². The number of allylic oxidation sites excluding steroid dienone is 2. The fraction of sp³-hybridized carbons (Fsp3) is 0.375. The molecule has 2 aliphatic rings. The standard InChI is InChI=1S/C16H15N3O3S/c17-7-9-14(12-5-2-6-22-12)15-10(3-1-4-11(15)20)19-16(9)23-8-13(18)21/h2,5-6,9,14H,1,3-4,8H2,(H2,18,21)/t9?,14-/m0/s1. The molecule has 1 aromatic rings. The highest BCUT2D eigenvalue weighted by Gasteiger charge is 2.41. The number of primary amides is 1. The van der Waals surface area contributed by atoms with Gasteiger partial charge in [-0.25, -0.2) is 4.99 Å². The van der Waals surface area contributed by atoms with Crippen LogP contribution in [0.15, 0.2) is 39.1 Å². The van der Waals surface area contributed by atoms with Crippen molar-refractivity contribution >= 4 is 28.5 Å². The molecule has 0 spiro atoms. The first-order chi connectivity index (χ1) is 11.1. The van der Waals surface area contributed by atoms with E-state index in [1.54, 1.807) is 12.1 Å². The maximum Gasteiger partial charge on any atom is 0.227 e. The molecular formula is C16H15N3O3S. The van der Waals surface area contributed by atoms with Crippen molar-refractivity contribution in [3.63, 3.8) is 0 Å². The number of Topliss-reactive ketones (excluding diaryl/α,β-unsaturated/α-hetero) is 1. The molecule has 1 aliphatic carbocycles. The zero-order valence-electron chi connectivity index (χ0n) is 12.3. The van der Waals surface area contributed by atoms with Crippen LogP contribution in [0, 0.1) is 17.2 Å². The van der Waals surface area contributed by atoms with Gasteiger partial charge in [0.05, 0.1) is 29.0 Å². The molecule has 0 saturated heterocycles. The van der Waals surface area contributed by atoms with Crippen molar-refractivity contribution in [2.24, 2.45) is 16.6 Å². The lowest BCUT2D eigenvalue weighted by Gasteiger charge is -2.31.